The first-order chi connectivity index (χ1) is 10.6. The smallest absolute Gasteiger partial charge is 0.136 e. The van der Waals surface area contributed by atoms with Crippen LogP contribution in [-0.2, 0) is 0 Å². The second-order valence-electron chi connectivity index (χ2n) is 5.65. The van der Waals surface area contributed by atoms with Gasteiger partial charge in [0, 0.05) is 28.4 Å². The van der Waals surface area contributed by atoms with E-state index in [1.807, 2.05) is 30.0 Å². The average Bonchev–Trinajstić information content (AvgIpc) is 3.32. The maximum absolute atomic E-state index is 14.5. The molecule has 0 N–H and O–H groups in total. The van der Waals surface area contributed by atoms with Crippen molar-refractivity contribution >= 4 is 21.6 Å². The molecule has 0 saturated heterocycles. The van der Waals surface area contributed by atoms with Crippen LogP contribution >= 0.6 is 15.9 Å². The van der Waals surface area contributed by atoms with E-state index < -0.39 is 0 Å². The van der Waals surface area contributed by atoms with E-state index in [4.69, 9.17) is 4.74 Å². The molecule has 22 heavy (non-hydrogen) atoms. The molecule has 1 fully saturated rings. The number of hydrogen-bond donors (Lipinski definition) is 0. The molecule has 1 heterocycles. The largest absolute Gasteiger partial charge is 0.493 e. The molecule has 0 radical (unpaired) electrons. The van der Waals surface area contributed by atoms with Crippen LogP contribution in [0, 0.1) is 11.7 Å². The summed E-state index contributed by atoms with van der Waals surface area (Å²) in [5.41, 5.74) is 2.23. The third-order valence-corrected chi connectivity index (χ3v) is 4.72. The third kappa shape index (κ3) is 3.12. The Morgan fingerprint density at radius 2 is 2.14 bits per heavy atom. The lowest BCUT2D eigenvalue weighted by Gasteiger charge is -2.30. The van der Waals surface area contributed by atoms with Gasteiger partial charge in [0.2, 0.25) is 0 Å². The average molecular weight is 364 g/mol. The maximum atomic E-state index is 14.5. The minimum absolute atomic E-state index is 0.266. The van der Waals surface area contributed by atoms with Crippen LogP contribution in [0.5, 0.6) is 5.75 Å². The molecular weight excluding hydrogens is 345 g/mol. The SMILES string of the molecule is C=C1C(Br)=CC=C(c2ccc(OCC3CC3)cc2F)N1CC. The summed E-state index contributed by atoms with van der Waals surface area (Å²) < 4.78 is 21.1. The summed E-state index contributed by atoms with van der Waals surface area (Å²) in [6.07, 6.45) is 6.26. The minimum Gasteiger partial charge on any atom is -0.493 e. The van der Waals surface area contributed by atoms with Gasteiger partial charge in [-0.05, 0) is 65.9 Å². The van der Waals surface area contributed by atoms with Crippen LogP contribution in [0.25, 0.3) is 5.70 Å². The lowest BCUT2D eigenvalue weighted by molar-refractivity contribution is 0.298. The van der Waals surface area contributed by atoms with Crippen LogP contribution in [0.2, 0.25) is 0 Å². The predicted molar refractivity (Wildman–Crippen MR) is 91.1 cm³/mol. The fourth-order valence-corrected chi connectivity index (χ4v) is 2.85. The van der Waals surface area contributed by atoms with Crippen LogP contribution in [0.3, 0.4) is 0 Å². The summed E-state index contributed by atoms with van der Waals surface area (Å²) in [5.74, 6) is 0.991. The van der Waals surface area contributed by atoms with Gasteiger partial charge in [0.1, 0.15) is 11.6 Å². The zero-order chi connectivity index (χ0) is 15.7. The molecule has 2 aliphatic rings. The van der Waals surface area contributed by atoms with E-state index in [9.17, 15) is 4.39 Å². The Balaban J connectivity index is 1.85. The number of rotatable bonds is 5. The highest BCUT2D eigenvalue weighted by Gasteiger charge is 2.23. The van der Waals surface area contributed by atoms with Crippen LogP contribution in [0.1, 0.15) is 25.3 Å². The molecule has 1 aliphatic carbocycles. The summed E-state index contributed by atoms with van der Waals surface area (Å²) in [6, 6.07) is 5.10. The summed E-state index contributed by atoms with van der Waals surface area (Å²) in [6.45, 7) is 7.49. The number of ether oxygens (including phenoxy) is 1. The molecule has 1 aliphatic heterocycles. The number of halogens is 2. The van der Waals surface area contributed by atoms with E-state index >= 15 is 0 Å². The van der Waals surface area contributed by atoms with Crippen molar-refractivity contribution < 1.29 is 9.13 Å². The molecule has 2 nitrogen and oxygen atoms in total. The Morgan fingerprint density at radius 3 is 2.77 bits per heavy atom. The Bertz CT molecular complexity index is 661. The van der Waals surface area contributed by atoms with Crippen molar-refractivity contribution in [3.63, 3.8) is 0 Å². The highest BCUT2D eigenvalue weighted by atomic mass is 79.9. The first-order valence-electron chi connectivity index (χ1n) is 7.57. The second-order valence-corrected chi connectivity index (χ2v) is 6.51. The number of hydrogen-bond acceptors (Lipinski definition) is 2. The molecule has 0 atom stereocenters. The van der Waals surface area contributed by atoms with Gasteiger partial charge in [-0.3, -0.25) is 0 Å². The number of nitrogens with zero attached hydrogens (tertiary/aromatic N) is 1. The van der Waals surface area contributed by atoms with Gasteiger partial charge in [-0.25, -0.2) is 4.39 Å². The molecule has 0 aromatic heterocycles. The Kier molecular flexibility index (Phi) is 4.39. The van der Waals surface area contributed by atoms with Gasteiger partial charge in [0.25, 0.3) is 0 Å². The molecule has 0 unspecified atom stereocenters. The molecule has 0 spiro atoms. The van der Waals surface area contributed by atoms with E-state index in [-0.39, 0.29) is 5.82 Å². The molecule has 1 aromatic carbocycles. The molecule has 0 bridgehead atoms. The lowest BCUT2D eigenvalue weighted by atomic mass is 10.1. The fraction of sp³-hybridized carbons (Fsp3) is 0.333. The lowest BCUT2D eigenvalue weighted by Crippen LogP contribution is -2.23. The van der Waals surface area contributed by atoms with Gasteiger partial charge in [0.15, 0.2) is 0 Å². The van der Waals surface area contributed by atoms with Crippen molar-refractivity contribution in [1.29, 1.82) is 0 Å². The van der Waals surface area contributed by atoms with Crippen molar-refractivity contribution in [1.82, 2.24) is 4.90 Å². The number of allylic oxidation sites excluding steroid dienone is 3. The van der Waals surface area contributed by atoms with Crippen molar-refractivity contribution in [2.24, 2.45) is 5.92 Å². The minimum atomic E-state index is -0.266. The molecule has 4 heteroatoms. The van der Waals surface area contributed by atoms with Crippen LogP contribution in [0.4, 0.5) is 4.39 Å². The first-order valence-corrected chi connectivity index (χ1v) is 8.36. The quantitative estimate of drug-likeness (QED) is 0.722. The van der Waals surface area contributed by atoms with Crippen LogP contribution in [-0.4, -0.2) is 18.1 Å². The standard InChI is InChI=1S/C18H19BrFNO/c1-3-21-12(2)16(19)8-9-18(21)15-7-6-14(10-17(15)20)22-11-13-4-5-13/h6-10,13H,2-5,11H2,1H3. The highest BCUT2D eigenvalue weighted by Crippen LogP contribution is 2.35. The number of benzene rings is 1. The predicted octanol–water partition coefficient (Wildman–Crippen LogP) is 5.08. The first kappa shape index (κ1) is 15.3. The van der Waals surface area contributed by atoms with E-state index in [1.165, 1.54) is 18.9 Å². The van der Waals surface area contributed by atoms with Crippen molar-refractivity contribution in [3.8, 4) is 5.75 Å². The van der Waals surface area contributed by atoms with Crippen LogP contribution in [0.15, 0.2) is 47.1 Å². The van der Waals surface area contributed by atoms with Crippen molar-refractivity contribution in [2.45, 2.75) is 19.8 Å². The van der Waals surface area contributed by atoms with Crippen molar-refractivity contribution in [2.75, 3.05) is 13.2 Å². The Hall–Kier alpha value is -1.55. The molecule has 3 rings (SSSR count). The van der Waals surface area contributed by atoms with Gasteiger partial charge >= 0.3 is 0 Å². The van der Waals surface area contributed by atoms with E-state index in [0.717, 1.165) is 22.4 Å². The topological polar surface area (TPSA) is 12.5 Å². The van der Waals surface area contributed by atoms with E-state index in [0.29, 0.717) is 23.8 Å². The summed E-state index contributed by atoms with van der Waals surface area (Å²) >= 11 is 3.47. The Labute approximate surface area is 139 Å². The second kappa shape index (κ2) is 6.29. The number of likely N-dealkylation sites (N-methyl/N-ethyl adjacent to an activating group) is 1. The van der Waals surface area contributed by atoms with Gasteiger partial charge in [0.05, 0.1) is 12.3 Å². The zero-order valence-electron chi connectivity index (χ0n) is 12.6. The van der Waals surface area contributed by atoms with Crippen molar-refractivity contribution in [3.05, 3.63) is 58.5 Å². The summed E-state index contributed by atoms with van der Waals surface area (Å²) in [7, 11) is 0. The molecular formula is C18H19BrFNO. The van der Waals surface area contributed by atoms with E-state index in [2.05, 4.69) is 22.5 Å². The molecule has 1 aromatic rings. The Morgan fingerprint density at radius 1 is 1.36 bits per heavy atom. The third-order valence-electron chi connectivity index (χ3n) is 4.00. The normalized spacial score (nSPS) is 18.1. The fourth-order valence-electron chi connectivity index (χ4n) is 2.50. The molecule has 1 saturated carbocycles. The maximum Gasteiger partial charge on any atom is 0.136 e. The van der Waals surface area contributed by atoms with Gasteiger partial charge in [-0.2, -0.15) is 0 Å². The molecule has 0 amide bonds. The zero-order valence-corrected chi connectivity index (χ0v) is 14.2. The van der Waals surface area contributed by atoms with E-state index in [1.54, 1.807) is 6.07 Å². The summed E-state index contributed by atoms with van der Waals surface area (Å²) in [4.78, 5) is 1.99. The van der Waals surface area contributed by atoms with Gasteiger partial charge in [-0.1, -0.05) is 6.58 Å². The monoisotopic (exact) mass is 363 g/mol. The van der Waals surface area contributed by atoms with Crippen LogP contribution < -0.4 is 4.74 Å². The summed E-state index contributed by atoms with van der Waals surface area (Å²) in [5, 5.41) is 0. The van der Waals surface area contributed by atoms with Gasteiger partial charge < -0.3 is 9.64 Å². The molecule has 116 valence electrons. The highest BCUT2D eigenvalue weighted by molar-refractivity contribution is 9.12. The van der Waals surface area contributed by atoms with Gasteiger partial charge in [-0.15, -0.1) is 0 Å².